The molecule has 0 bridgehead atoms. The number of alkyl carbamates (subject to hydrolysis) is 1. The van der Waals surface area contributed by atoms with E-state index >= 15 is 0 Å². The smallest absolute Gasteiger partial charge is 0.408 e. The second kappa shape index (κ2) is 15.1. The van der Waals surface area contributed by atoms with Crippen LogP contribution in [0, 0.1) is 0 Å². The monoisotopic (exact) mass is 541 g/mol. The number of rotatable bonds is 13. The van der Waals surface area contributed by atoms with Crippen molar-refractivity contribution in [2.75, 3.05) is 0 Å². The molecular weight excluding hydrogens is 506 g/mol. The molecule has 0 saturated carbocycles. The predicted octanol–water partition coefficient (Wildman–Crippen LogP) is 2.76. The number of ether oxygens (including phenoxy) is 3. The van der Waals surface area contributed by atoms with Crippen molar-refractivity contribution in [3.8, 4) is 5.75 Å². The van der Waals surface area contributed by atoms with Gasteiger partial charge in [-0.25, -0.2) is 4.79 Å². The molecule has 11 nitrogen and oxygen atoms in total. The van der Waals surface area contributed by atoms with Gasteiger partial charge in [0.1, 0.15) is 30.0 Å². The van der Waals surface area contributed by atoms with E-state index in [1.165, 1.54) is 0 Å². The van der Waals surface area contributed by atoms with Gasteiger partial charge >= 0.3 is 18.0 Å². The minimum atomic E-state index is -1.25. The molecule has 2 aromatic rings. The fourth-order valence-corrected chi connectivity index (χ4v) is 3.28. The first-order valence-corrected chi connectivity index (χ1v) is 12.5. The van der Waals surface area contributed by atoms with Gasteiger partial charge in [-0.15, -0.1) is 0 Å². The van der Waals surface area contributed by atoms with E-state index < -0.39 is 47.5 Å². The van der Waals surface area contributed by atoms with Crippen molar-refractivity contribution >= 4 is 29.8 Å². The van der Waals surface area contributed by atoms with Crippen LogP contribution in [0.15, 0.2) is 60.7 Å². The zero-order chi connectivity index (χ0) is 28.8. The van der Waals surface area contributed by atoms with Crippen LogP contribution >= 0.6 is 0 Å². The molecule has 39 heavy (non-hydrogen) atoms. The maximum Gasteiger partial charge on any atom is 0.408 e. The van der Waals surface area contributed by atoms with E-state index in [1.54, 1.807) is 63.2 Å². The van der Waals surface area contributed by atoms with Crippen LogP contribution in [0.5, 0.6) is 5.75 Å². The Bertz CT molecular complexity index is 1120. The Morgan fingerprint density at radius 3 is 1.95 bits per heavy atom. The van der Waals surface area contributed by atoms with Crippen LogP contribution in [0.3, 0.4) is 0 Å². The lowest BCUT2D eigenvalue weighted by Gasteiger charge is -2.24. The molecule has 0 radical (unpaired) electrons. The number of nitrogens with one attached hydrogen (secondary N) is 2. The average molecular weight is 542 g/mol. The van der Waals surface area contributed by atoms with Gasteiger partial charge in [0.15, 0.2) is 0 Å². The van der Waals surface area contributed by atoms with E-state index in [0.717, 1.165) is 5.56 Å². The first-order valence-electron chi connectivity index (χ1n) is 12.5. The first-order chi connectivity index (χ1) is 18.4. The number of hydrogen-bond acceptors (Lipinski definition) is 8. The number of nitrogens with two attached hydrogens (primary N) is 1. The van der Waals surface area contributed by atoms with Gasteiger partial charge < -0.3 is 30.6 Å². The normalized spacial score (nSPS) is 12.4. The number of carbonyl (C=O) groups excluding carboxylic acids is 5. The van der Waals surface area contributed by atoms with Crippen LogP contribution in [-0.2, 0) is 35.3 Å². The van der Waals surface area contributed by atoms with Gasteiger partial charge in [-0.05, 0) is 51.3 Å². The minimum Gasteiger partial charge on any atom is -0.461 e. The Labute approximate surface area is 227 Å². The Morgan fingerprint density at radius 2 is 1.36 bits per heavy atom. The second-order valence-electron chi connectivity index (χ2n) is 9.67. The second-order valence-corrected chi connectivity index (χ2v) is 9.67. The molecule has 0 aliphatic rings. The van der Waals surface area contributed by atoms with E-state index in [-0.39, 0.29) is 32.3 Å². The fourth-order valence-electron chi connectivity index (χ4n) is 3.28. The molecule has 0 aromatic heterocycles. The van der Waals surface area contributed by atoms with Crippen molar-refractivity contribution < 1.29 is 38.2 Å². The predicted molar refractivity (Wildman–Crippen MR) is 141 cm³/mol. The van der Waals surface area contributed by atoms with Crippen LogP contribution in [-0.4, -0.2) is 47.5 Å². The van der Waals surface area contributed by atoms with Gasteiger partial charge in [0, 0.05) is 12.8 Å². The lowest BCUT2D eigenvalue weighted by molar-refractivity contribution is -0.145. The van der Waals surface area contributed by atoms with Crippen molar-refractivity contribution in [1.29, 1.82) is 0 Å². The summed E-state index contributed by atoms with van der Waals surface area (Å²) in [4.78, 5) is 61.8. The third kappa shape index (κ3) is 12.6. The molecule has 0 saturated heterocycles. The van der Waals surface area contributed by atoms with Gasteiger partial charge in [0.05, 0.1) is 0 Å². The lowest BCUT2D eigenvalue weighted by atomic mass is 10.1. The number of amides is 3. The molecule has 4 N–H and O–H groups in total. The molecule has 11 heteroatoms. The molecule has 2 atom stereocenters. The highest BCUT2D eigenvalue weighted by molar-refractivity contribution is 5.91. The third-order valence-electron chi connectivity index (χ3n) is 5.16. The Balaban J connectivity index is 1.98. The summed E-state index contributed by atoms with van der Waals surface area (Å²) in [7, 11) is 0. The summed E-state index contributed by atoms with van der Waals surface area (Å²) in [5, 5.41) is 4.86. The fraction of sp³-hybridized carbons (Fsp3) is 0.393. The molecule has 0 aliphatic heterocycles. The summed E-state index contributed by atoms with van der Waals surface area (Å²) in [6.45, 7) is 5.01. The third-order valence-corrected chi connectivity index (χ3v) is 5.16. The number of carbonyl (C=O) groups is 5. The number of para-hydroxylation sites is 1. The highest BCUT2D eigenvalue weighted by Gasteiger charge is 2.28. The summed E-state index contributed by atoms with van der Waals surface area (Å²) in [6.07, 6.45) is -1.57. The van der Waals surface area contributed by atoms with E-state index in [0.29, 0.717) is 5.75 Å². The number of primary amides is 1. The van der Waals surface area contributed by atoms with Gasteiger partial charge in [0.2, 0.25) is 11.8 Å². The van der Waals surface area contributed by atoms with Gasteiger partial charge in [-0.2, -0.15) is 0 Å². The van der Waals surface area contributed by atoms with Crippen molar-refractivity contribution in [3.05, 3.63) is 66.2 Å². The average Bonchev–Trinajstić information content (AvgIpc) is 2.87. The zero-order valence-corrected chi connectivity index (χ0v) is 22.3. The van der Waals surface area contributed by atoms with Crippen LogP contribution in [0.2, 0.25) is 0 Å². The Kier molecular flexibility index (Phi) is 11.9. The van der Waals surface area contributed by atoms with Gasteiger partial charge in [-0.3, -0.25) is 19.2 Å². The summed E-state index contributed by atoms with van der Waals surface area (Å²) >= 11 is 0. The molecule has 0 unspecified atom stereocenters. The molecule has 3 amide bonds. The Hall–Kier alpha value is -4.41. The zero-order valence-electron chi connectivity index (χ0n) is 22.3. The number of benzene rings is 2. The molecular formula is C28H35N3O8. The maximum absolute atomic E-state index is 13.0. The molecule has 2 rings (SSSR count). The maximum atomic E-state index is 13.0. The topological polar surface area (TPSA) is 163 Å². The van der Waals surface area contributed by atoms with Crippen molar-refractivity contribution in [2.24, 2.45) is 5.73 Å². The number of esters is 2. The first kappa shape index (κ1) is 30.8. The van der Waals surface area contributed by atoms with Crippen LogP contribution in [0.1, 0.15) is 52.0 Å². The highest BCUT2D eigenvalue weighted by Crippen LogP contribution is 2.12. The van der Waals surface area contributed by atoms with E-state index in [1.807, 2.05) is 18.2 Å². The van der Waals surface area contributed by atoms with Crippen molar-refractivity contribution in [1.82, 2.24) is 10.6 Å². The van der Waals surface area contributed by atoms with Crippen molar-refractivity contribution in [3.63, 3.8) is 0 Å². The summed E-state index contributed by atoms with van der Waals surface area (Å²) in [5.41, 5.74) is 5.39. The van der Waals surface area contributed by atoms with Crippen LogP contribution in [0.25, 0.3) is 0 Å². The minimum absolute atomic E-state index is 0.0544. The summed E-state index contributed by atoms with van der Waals surface area (Å²) < 4.78 is 15.6. The summed E-state index contributed by atoms with van der Waals surface area (Å²) in [5.74, 6) is -2.53. The SMILES string of the molecule is CC(C)(C)OC(=O)N[C@@H](CCC(=O)OCc1ccccc1)C(=O)N[C@H](CCC(=O)Oc1ccccc1)C(N)=O. The largest absolute Gasteiger partial charge is 0.461 e. The Morgan fingerprint density at radius 1 is 0.795 bits per heavy atom. The van der Waals surface area contributed by atoms with E-state index in [4.69, 9.17) is 19.9 Å². The van der Waals surface area contributed by atoms with Crippen LogP contribution < -0.4 is 21.1 Å². The molecule has 2 aromatic carbocycles. The van der Waals surface area contributed by atoms with Gasteiger partial charge in [-0.1, -0.05) is 48.5 Å². The molecule has 210 valence electrons. The highest BCUT2D eigenvalue weighted by atomic mass is 16.6. The number of hydrogen-bond donors (Lipinski definition) is 3. The summed E-state index contributed by atoms with van der Waals surface area (Å²) in [6, 6.07) is 14.9. The van der Waals surface area contributed by atoms with Gasteiger partial charge in [0.25, 0.3) is 0 Å². The van der Waals surface area contributed by atoms with E-state index in [2.05, 4.69) is 10.6 Å². The standard InChI is InChI=1S/C28H35N3O8/c1-28(2,3)39-27(36)31-22(15-16-23(32)37-18-19-10-6-4-7-11-19)26(35)30-21(25(29)34)14-17-24(33)38-20-12-8-5-9-13-20/h4-13,21-22H,14-18H2,1-3H3,(H2,29,34)(H,30,35)(H,31,36)/t21-,22+/m1/s1. The van der Waals surface area contributed by atoms with Crippen molar-refractivity contribution in [2.45, 2.75) is 70.7 Å². The molecule has 0 heterocycles. The molecule has 0 spiro atoms. The lowest BCUT2D eigenvalue weighted by Crippen LogP contribution is -2.53. The molecule has 0 fully saturated rings. The van der Waals surface area contributed by atoms with E-state index in [9.17, 15) is 24.0 Å². The van der Waals surface area contributed by atoms with Crippen LogP contribution in [0.4, 0.5) is 4.79 Å². The molecule has 0 aliphatic carbocycles. The quantitative estimate of drug-likeness (QED) is 0.257.